The molecule has 2 aliphatic rings. The van der Waals surface area contributed by atoms with Crippen molar-refractivity contribution in [3.63, 3.8) is 0 Å². The van der Waals surface area contributed by atoms with E-state index in [1.165, 1.54) is 5.56 Å². The zero-order valence-corrected chi connectivity index (χ0v) is 13.3. The van der Waals surface area contributed by atoms with Crippen LogP contribution >= 0.6 is 0 Å². The molecule has 1 saturated heterocycles. The Kier molecular flexibility index (Phi) is 4.08. The van der Waals surface area contributed by atoms with Gasteiger partial charge in [-0.25, -0.2) is 0 Å². The van der Waals surface area contributed by atoms with Gasteiger partial charge in [-0.15, -0.1) is 0 Å². The van der Waals surface area contributed by atoms with Gasteiger partial charge >= 0.3 is 0 Å². The Hall–Kier alpha value is -0.900. The van der Waals surface area contributed by atoms with Crippen molar-refractivity contribution >= 4 is 0 Å². The first kappa shape index (κ1) is 15.0. The number of ether oxygens (including phenoxy) is 3. The molecule has 1 aromatic carbocycles. The lowest BCUT2D eigenvalue weighted by molar-refractivity contribution is -0.339. The summed E-state index contributed by atoms with van der Waals surface area (Å²) in [6.07, 6.45) is 3.79. The zero-order chi connectivity index (χ0) is 14.9. The van der Waals surface area contributed by atoms with E-state index in [2.05, 4.69) is 31.2 Å². The predicted molar refractivity (Wildman–Crippen MR) is 81.9 cm³/mol. The zero-order valence-electron chi connectivity index (χ0n) is 13.3. The normalized spacial score (nSPS) is 35.2. The third-order valence-corrected chi connectivity index (χ3v) is 4.85. The van der Waals surface area contributed by atoms with E-state index in [1.807, 2.05) is 19.9 Å². The lowest BCUT2D eigenvalue weighted by atomic mass is 9.70. The van der Waals surface area contributed by atoms with E-state index in [9.17, 15) is 0 Å². The van der Waals surface area contributed by atoms with Crippen LogP contribution in [0.4, 0.5) is 0 Å². The summed E-state index contributed by atoms with van der Waals surface area (Å²) >= 11 is 0. The van der Waals surface area contributed by atoms with E-state index in [0.29, 0.717) is 13.2 Å². The van der Waals surface area contributed by atoms with Gasteiger partial charge in [-0.3, -0.25) is 0 Å². The van der Waals surface area contributed by atoms with Crippen LogP contribution in [0.5, 0.6) is 0 Å². The standard InChI is InChI=1S/C18H26O3/c1-17(2)20-13-18(3)15(10-7-11-16(18)21-17)19-12-14-8-5-4-6-9-14/h4-6,8-9,15-16H,7,10-13H2,1-3H3/t15-,16-,18+/m0/s1. The molecule has 3 atom stereocenters. The minimum atomic E-state index is -0.467. The summed E-state index contributed by atoms with van der Waals surface area (Å²) < 4.78 is 18.3. The van der Waals surface area contributed by atoms with E-state index >= 15 is 0 Å². The molecule has 21 heavy (non-hydrogen) atoms. The van der Waals surface area contributed by atoms with E-state index in [1.54, 1.807) is 0 Å². The van der Waals surface area contributed by atoms with Crippen molar-refractivity contribution in [2.75, 3.05) is 6.61 Å². The maximum absolute atomic E-state index is 6.25. The molecule has 0 bridgehead atoms. The van der Waals surface area contributed by atoms with Gasteiger partial charge in [-0.1, -0.05) is 37.3 Å². The molecule has 1 aliphatic carbocycles. The number of fused-ring (bicyclic) bond motifs is 1. The highest BCUT2D eigenvalue weighted by Gasteiger charge is 2.51. The molecule has 0 aromatic heterocycles. The fourth-order valence-corrected chi connectivity index (χ4v) is 3.49. The summed E-state index contributed by atoms with van der Waals surface area (Å²) in [5.41, 5.74) is 1.18. The van der Waals surface area contributed by atoms with Crippen LogP contribution in [0.3, 0.4) is 0 Å². The average Bonchev–Trinajstić information content (AvgIpc) is 2.47. The van der Waals surface area contributed by atoms with Crippen molar-refractivity contribution in [1.29, 1.82) is 0 Å². The first-order valence-electron chi connectivity index (χ1n) is 7.97. The summed E-state index contributed by atoms with van der Waals surface area (Å²) in [6.45, 7) is 7.63. The highest BCUT2D eigenvalue weighted by molar-refractivity contribution is 5.13. The minimum absolute atomic E-state index is 0.0391. The highest BCUT2D eigenvalue weighted by Crippen LogP contribution is 2.45. The largest absolute Gasteiger partial charge is 0.373 e. The van der Waals surface area contributed by atoms with Crippen LogP contribution in [-0.4, -0.2) is 24.6 Å². The Morgan fingerprint density at radius 3 is 2.67 bits per heavy atom. The van der Waals surface area contributed by atoms with Crippen molar-refractivity contribution in [2.45, 2.75) is 64.6 Å². The van der Waals surface area contributed by atoms with Gasteiger partial charge in [0.05, 0.1) is 25.4 Å². The molecule has 1 saturated carbocycles. The van der Waals surface area contributed by atoms with E-state index in [0.717, 1.165) is 19.3 Å². The Labute approximate surface area is 127 Å². The molecule has 0 unspecified atom stereocenters. The molecule has 0 N–H and O–H groups in total. The maximum atomic E-state index is 6.25. The molecule has 3 rings (SSSR count). The van der Waals surface area contributed by atoms with Crippen LogP contribution in [0, 0.1) is 5.41 Å². The third-order valence-electron chi connectivity index (χ3n) is 4.85. The van der Waals surface area contributed by atoms with Gasteiger partial charge in [0.15, 0.2) is 5.79 Å². The van der Waals surface area contributed by atoms with Crippen LogP contribution in [0.2, 0.25) is 0 Å². The fourth-order valence-electron chi connectivity index (χ4n) is 3.49. The second-order valence-corrected chi connectivity index (χ2v) is 7.02. The van der Waals surface area contributed by atoms with Gasteiger partial charge in [0.2, 0.25) is 0 Å². The number of hydrogen-bond acceptors (Lipinski definition) is 3. The highest BCUT2D eigenvalue weighted by atomic mass is 16.7. The molecule has 3 heteroatoms. The molecule has 0 amide bonds. The second-order valence-electron chi connectivity index (χ2n) is 7.02. The number of hydrogen-bond donors (Lipinski definition) is 0. The van der Waals surface area contributed by atoms with Crippen molar-refractivity contribution in [1.82, 2.24) is 0 Å². The summed E-state index contributed by atoms with van der Waals surface area (Å²) in [5, 5.41) is 0. The molecule has 3 nitrogen and oxygen atoms in total. The van der Waals surface area contributed by atoms with Crippen LogP contribution in [0.15, 0.2) is 30.3 Å². The Morgan fingerprint density at radius 1 is 1.14 bits per heavy atom. The van der Waals surface area contributed by atoms with Crippen molar-refractivity contribution in [2.24, 2.45) is 5.41 Å². The first-order valence-corrected chi connectivity index (χ1v) is 7.97. The molecule has 116 valence electrons. The smallest absolute Gasteiger partial charge is 0.163 e. The van der Waals surface area contributed by atoms with Gasteiger partial charge in [-0.2, -0.15) is 0 Å². The molecule has 0 radical (unpaired) electrons. The topological polar surface area (TPSA) is 27.7 Å². The van der Waals surface area contributed by atoms with Gasteiger partial charge in [0.1, 0.15) is 0 Å². The van der Waals surface area contributed by atoms with Crippen LogP contribution < -0.4 is 0 Å². The molecule has 0 spiro atoms. The van der Waals surface area contributed by atoms with E-state index in [-0.39, 0.29) is 17.6 Å². The maximum Gasteiger partial charge on any atom is 0.163 e. The van der Waals surface area contributed by atoms with Crippen molar-refractivity contribution in [3.8, 4) is 0 Å². The predicted octanol–water partition coefficient (Wildman–Crippen LogP) is 3.91. The SMILES string of the molecule is CC1(C)OC[C@]2(C)[C@@H](OCc3ccccc3)CCC[C@@H]2O1. The summed E-state index contributed by atoms with van der Waals surface area (Å²) in [6, 6.07) is 10.4. The minimum Gasteiger partial charge on any atom is -0.373 e. The summed E-state index contributed by atoms with van der Waals surface area (Å²) in [4.78, 5) is 0. The van der Waals surface area contributed by atoms with Crippen molar-refractivity contribution < 1.29 is 14.2 Å². The Bertz CT molecular complexity index is 471. The second kappa shape index (κ2) is 5.71. The van der Waals surface area contributed by atoms with Gasteiger partial charge in [0, 0.05) is 5.41 Å². The Balaban J connectivity index is 1.68. The van der Waals surface area contributed by atoms with Crippen LogP contribution in [0.1, 0.15) is 45.6 Å². The quantitative estimate of drug-likeness (QED) is 0.844. The summed E-state index contributed by atoms with van der Waals surface area (Å²) in [5.74, 6) is -0.467. The molecular weight excluding hydrogens is 264 g/mol. The monoisotopic (exact) mass is 290 g/mol. The van der Waals surface area contributed by atoms with Crippen LogP contribution in [0.25, 0.3) is 0 Å². The molecule has 1 aliphatic heterocycles. The first-order chi connectivity index (χ1) is 10.00. The van der Waals surface area contributed by atoms with Gasteiger partial charge in [0.25, 0.3) is 0 Å². The Morgan fingerprint density at radius 2 is 1.90 bits per heavy atom. The van der Waals surface area contributed by atoms with Crippen LogP contribution in [-0.2, 0) is 20.8 Å². The third kappa shape index (κ3) is 3.15. The lowest BCUT2D eigenvalue weighted by Gasteiger charge is -2.53. The van der Waals surface area contributed by atoms with Gasteiger partial charge < -0.3 is 14.2 Å². The van der Waals surface area contributed by atoms with Crippen molar-refractivity contribution in [3.05, 3.63) is 35.9 Å². The lowest BCUT2D eigenvalue weighted by Crippen LogP contribution is -2.59. The number of benzene rings is 1. The molecule has 1 aromatic rings. The molecule has 1 heterocycles. The number of rotatable bonds is 3. The van der Waals surface area contributed by atoms with E-state index in [4.69, 9.17) is 14.2 Å². The summed E-state index contributed by atoms with van der Waals surface area (Å²) in [7, 11) is 0. The molecular formula is C18H26O3. The van der Waals surface area contributed by atoms with Gasteiger partial charge in [-0.05, 0) is 38.7 Å². The van der Waals surface area contributed by atoms with E-state index < -0.39 is 5.79 Å². The molecule has 2 fully saturated rings. The average molecular weight is 290 g/mol. The fraction of sp³-hybridized carbons (Fsp3) is 0.667.